The van der Waals surface area contributed by atoms with E-state index >= 15 is 0 Å². The minimum absolute atomic E-state index is 0.0793. The molecule has 1 atom stereocenters. The Labute approximate surface area is 201 Å². The van der Waals surface area contributed by atoms with Gasteiger partial charge in [0, 0.05) is 18.2 Å². The third-order valence-corrected chi connectivity index (χ3v) is 6.80. The van der Waals surface area contributed by atoms with Crippen LogP contribution in [-0.4, -0.2) is 44.2 Å². The number of phenolic OH excluding ortho intramolecular Hbond substituents is 1. The summed E-state index contributed by atoms with van der Waals surface area (Å²) in [6.07, 6.45) is 1.20. The number of aromatic hydroxyl groups is 1. The summed E-state index contributed by atoms with van der Waals surface area (Å²) in [7, 11) is -3.39. The van der Waals surface area contributed by atoms with Crippen LogP contribution in [0, 0.1) is 18.5 Å². The monoisotopic (exact) mass is 653 g/mol. The lowest BCUT2D eigenvalue weighted by Crippen LogP contribution is -2.48. The van der Waals surface area contributed by atoms with Crippen molar-refractivity contribution in [1.29, 1.82) is 5.26 Å². The lowest BCUT2D eigenvalue weighted by molar-refractivity contribution is -0.122. The van der Waals surface area contributed by atoms with Crippen molar-refractivity contribution in [3.05, 3.63) is 54.7 Å². The third-order valence-electron chi connectivity index (χ3n) is 4.02. The van der Waals surface area contributed by atoms with Gasteiger partial charge in [0.15, 0.2) is 9.84 Å². The molecular formula is C19H17I2N3O5S. The van der Waals surface area contributed by atoms with Gasteiger partial charge < -0.3 is 15.7 Å². The molecule has 3 N–H and O–H groups in total. The van der Waals surface area contributed by atoms with Gasteiger partial charge in [0.1, 0.15) is 18.3 Å². The van der Waals surface area contributed by atoms with Gasteiger partial charge >= 0.3 is 0 Å². The molecule has 0 aliphatic heterocycles. The maximum Gasteiger partial charge on any atom is 0.251 e. The fraction of sp³-hybridized carbons (Fsp3) is 0.211. The zero-order valence-corrected chi connectivity index (χ0v) is 20.8. The Kier molecular flexibility index (Phi) is 8.44. The third kappa shape index (κ3) is 6.54. The predicted octanol–water partition coefficient (Wildman–Crippen LogP) is 1.99. The molecule has 2 aromatic carbocycles. The molecule has 0 aliphatic carbocycles. The van der Waals surface area contributed by atoms with E-state index in [0.717, 1.165) is 6.26 Å². The largest absolute Gasteiger partial charge is 0.506 e. The normalized spacial score (nSPS) is 11.9. The number of carbonyl (C=O) groups excluding carboxylic acids is 2. The second-order valence-electron chi connectivity index (χ2n) is 6.31. The number of carbonyl (C=O) groups is 2. The first-order valence-electron chi connectivity index (χ1n) is 8.45. The number of benzene rings is 2. The predicted molar refractivity (Wildman–Crippen MR) is 127 cm³/mol. The number of nitrogens with one attached hydrogen (secondary N) is 2. The molecule has 0 saturated heterocycles. The van der Waals surface area contributed by atoms with E-state index < -0.39 is 27.7 Å². The number of halogens is 2. The Hall–Kier alpha value is -1.92. The molecule has 158 valence electrons. The van der Waals surface area contributed by atoms with E-state index in [4.69, 9.17) is 5.26 Å². The molecule has 11 heteroatoms. The molecule has 30 heavy (non-hydrogen) atoms. The standard InChI is InChI=1S/C19H17I2N3O5S/c1-30(28,29)13-4-2-12(3-5-13)18(26)24-16(19(27)23-7-6-22)10-11-8-14(20)17(25)15(21)9-11/h2-5,8-9,16,25H,7,10H2,1H3,(H,23,27)(H,24,26). The highest BCUT2D eigenvalue weighted by Gasteiger charge is 2.23. The van der Waals surface area contributed by atoms with Crippen LogP contribution in [0.15, 0.2) is 41.3 Å². The molecular weight excluding hydrogens is 636 g/mol. The van der Waals surface area contributed by atoms with Crippen LogP contribution in [0.2, 0.25) is 0 Å². The van der Waals surface area contributed by atoms with Gasteiger partial charge in [-0.2, -0.15) is 5.26 Å². The molecule has 0 bridgehead atoms. The first-order valence-corrected chi connectivity index (χ1v) is 12.5. The highest BCUT2D eigenvalue weighted by Crippen LogP contribution is 2.28. The van der Waals surface area contributed by atoms with Crippen molar-refractivity contribution in [3.8, 4) is 11.8 Å². The van der Waals surface area contributed by atoms with Crippen LogP contribution in [-0.2, 0) is 21.1 Å². The van der Waals surface area contributed by atoms with E-state index in [1.807, 2.05) is 51.3 Å². The molecule has 0 fully saturated rings. The van der Waals surface area contributed by atoms with E-state index in [1.54, 1.807) is 12.1 Å². The van der Waals surface area contributed by atoms with Gasteiger partial charge in [-0.3, -0.25) is 9.59 Å². The van der Waals surface area contributed by atoms with Crippen LogP contribution < -0.4 is 10.6 Å². The summed E-state index contributed by atoms with van der Waals surface area (Å²) >= 11 is 3.94. The quantitative estimate of drug-likeness (QED) is 0.309. The average Bonchev–Trinajstić information content (AvgIpc) is 2.69. The van der Waals surface area contributed by atoms with Gasteiger partial charge in [0.2, 0.25) is 5.91 Å². The van der Waals surface area contributed by atoms with Crippen molar-refractivity contribution >= 4 is 66.8 Å². The van der Waals surface area contributed by atoms with Crippen LogP contribution >= 0.6 is 45.2 Å². The molecule has 0 aliphatic rings. The SMILES string of the molecule is CS(=O)(=O)c1ccc(C(=O)NC(Cc2cc(I)c(O)c(I)c2)C(=O)NCC#N)cc1. The number of phenols is 1. The summed E-state index contributed by atoms with van der Waals surface area (Å²) in [6, 6.07) is 9.61. The summed E-state index contributed by atoms with van der Waals surface area (Å²) < 4.78 is 24.3. The summed E-state index contributed by atoms with van der Waals surface area (Å²) in [5.41, 5.74) is 0.904. The maximum absolute atomic E-state index is 12.6. The van der Waals surface area contributed by atoms with Gasteiger partial charge in [-0.05, 0) is 87.1 Å². The molecule has 8 nitrogen and oxygen atoms in total. The Morgan fingerprint density at radius 1 is 1.17 bits per heavy atom. The molecule has 0 aromatic heterocycles. The molecule has 0 saturated carbocycles. The Balaban J connectivity index is 2.26. The summed E-state index contributed by atoms with van der Waals surface area (Å²) in [6.45, 7) is -0.209. The van der Waals surface area contributed by atoms with E-state index in [2.05, 4.69) is 10.6 Å². The van der Waals surface area contributed by atoms with Crippen molar-refractivity contribution in [3.63, 3.8) is 0 Å². The summed E-state index contributed by atoms with van der Waals surface area (Å²) in [5.74, 6) is -0.952. The topological polar surface area (TPSA) is 136 Å². The Morgan fingerprint density at radius 3 is 2.23 bits per heavy atom. The highest BCUT2D eigenvalue weighted by molar-refractivity contribution is 14.1. The minimum atomic E-state index is -3.39. The molecule has 2 aromatic rings. The van der Waals surface area contributed by atoms with Crippen LogP contribution in [0.3, 0.4) is 0 Å². The van der Waals surface area contributed by atoms with Gasteiger partial charge in [-0.25, -0.2) is 8.42 Å². The highest BCUT2D eigenvalue weighted by atomic mass is 127. The van der Waals surface area contributed by atoms with Gasteiger partial charge in [-0.1, -0.05) is 0 Å². The average molecular weight is 653 g/mol. The van der Waals surface area contributed by atoms with Gasteiger partial charge in [-0.15, -0.1) is 0 Å². The lowest BCUT2D eigenvalue weighted by Gasteiger charge is -2.19. The number of rotatable bonds is 7. The lowest BCUT2D eigenvalue weighted by atomic mass is 10.0. The number of nitriles is 1. The second-order valence-corrected chi connectivity index (χ2v) is 10.7. The van der Waals surface area contributed by atoms with Gasteiger partial charge in [0.05, 0.1) is 18.1 Å². The van der Waals surface area contributed by atoms with Crippen molar-refractivity contribution in [2.75, 3.05) is 12.8 Å². The van der Waals surface area contributed by atoms with Crippen LogP contribution in [0.4, 0.5) is 0 Å². The number of sulfone groups is 1. The van der Waals surface area contributed by atoms with Crippen molar-refractivity contribution < 1.29 is 23.1 Å². The number of nitrogens with zero attached hydrogens (tertiary/aromatic N) is 1. The van der Waals surface area contributed by atoms with Crippen LogP contribution in [0.5, 0.6) is 5.75 Å². The molecule has 0 radical (unpaired) electrons. The molecule has 2 rings (SSSR count). The zero-order valence-electron chi connectivity index (χ0n) is 15.6. The van der Waals surface area contributed by atoms with Crippen LogP contribution in [0.1, 0.15) is 15.9 Å². The maximum atomic E-state index is 12.6. The summed E-state index contributed by atoms with van der Waals surface area (Å²) in [4.78, 5) is 25.2. The molecule has 0 spiro atoms. The van der Waals surface area contributed by atoms with Gasteiger partial charge in [0.25, 0.3) is 5.91 Å². The fourth-order valence-corrected chi connectivity index (χ4v) is 5.05. The smallest absolute Gasteiger partial charge is 0.251 e. The molecule has 1 unspecified atom stereocenters. The minimum Gasteiger partial charge on any atom is -0.506 e. The first kappa shape index (κ1) is 24.4. The zero-order chi connectivity index (χ0) is 22.5. The van der Waals surface area contributed by atoms with E-state index in [0.29, 0.717) is 12.7 Å². The van der Waals surface area contributed by atoms with Crippen molar-refractivity contribution in [1.82, 2.24) is 10.6 Å². The molecule has 0 heterocycles. The fourth-order valence-electron chi connectivity index (χ4n) is 2.53. The second kappa shape index (κ2) is 10.4. The first-order chi connectivity index (χ1) is 14.0. The van der Waals surface area contributed by atoms with Crippen molar-refractivity contribution in [2.45, 2.75) is 17.4 Å². The number of hydrogen-bond acceptors (Lipinski definition) is 6. The van der Waals surface area contributed by atoms with Crippen molar-refractivity contribution in [2.24, 2.45) is 0 Å². The van der Waals surface area contributed by atoms with Crippen LogP contribution in [0.25, 0.3) is 0 Å². The van der Waals surface area contributed by atoms with E-state index in [9.17, 15) is 23.1 Å². The number of hydrogen-bond donors (Lipinski definition) is 3. The van der Waals surface area contributed by atoms with E-state index in [-0.39, 0.29) is 29.2 Å². The number of amides is 2. The Morgan fingerprint density at radius 2 is 1.73 bits per heavy atom. The molecule has 2 amide bonds. The Bertz CT molecular complexity index is 1090. The summed E-state index contributed by atoms with van der Waals surface area (Å²) in [5, 5.41) is 23.7. The van der Waals surface area contributed by atoms with E-state index in [1.165, 1.54) is 24.3 Å².